The highest BCUT2D eigenvalue weighted by molar-refractivity contribution is 5.85. The number of benzene rings is 1. The molecule has 1 aromatic rings. The summed E-state index contributed by atoms with van der Waals surface area (Å²) in [7, 11) is 1.98. The molecule has 2 rings (SSSR count). The van der Waals surface area contributed by atoms with Gasteiger partial charge in [-0.25, -0.2) is 0 Å². The average Bonchev–Trinajstić information content (AvgIpc) is 2.50. The maximum atomic E-state index is 12.4. The maximum absolute atomic E-state index is 12.4. The first-order chi connectivity index (χ1) is 10.6. The molecule has 0 aliphatic carbocycles. The van der Waals surface area contributed by atoms with Gasteiger partial charge in [0.2, 0.25) is 0 Å². The van der Waals surface area contributed by atoms with E-state index in [2.05, 4.69) is 15.0 Å². The molecule has 0 bridgehead atoms. The summed E-state index contributed by atoms with van der Waals surface area (Å²) in [4.78, 5) is 2.36. The fraction of sp³-hybridized carbons (Fsp3) is 0.625. The smallest absolute Gasteiger partial charge is 0.387 e. The van der Waals surface area contributed by atoms with Crippen molar-refractivity contribution in [2.45, 2.75) is 39.0 Å². The van der Waals surface area contributed by atoms with Crippen LogP contribution in [-0.2, 0) is 6.54 Å². The molecule has 1 heterocycles. The number of hydrogen-bond acceptors (Lipinski definition) is 4. The number of nitrogens with one attached hydrogen (secondary N) is 1. The topological polar surface area (TPSA) is 33.7 Å². The van der Waals surface area contributed by atoms with E-state index in [1.54, 1.807) is 12.1 Å². The minimum Gasteiger partial charge on any atom is -0.490 e. The van der Waals surface area contributed by atoms with Crippen molar-refractivity contribution >= 4 is 12.4 Å². The summed E-state index contributed by atoms with van der Waals surface area (Å²) in [5.74, 6) is 0.467. The Morgan fingerprint density at radius 1 is 1.35 bits per heavy atom. The predicted molar refractivity (Wildman–Crippen MR) is 88.8 cm³/mol. The van der Waals surface area contributed by atoms with Crippen molar-refractivity contribution < 1.29 is 18.3 Å². The lowest BCUT2D eigenvalue weighted by Crippen LogP contribution is -2.43. The van der Waals surface area contributed by atoms with Gasteiger partial charge in [-0.1, -0.05) is 6.07 Å². The monoisotopic (exact) mass is 350 g/mol. The van der Waals surface area contributed by atoms with Crippen molar-refractivity contribution in [1.29, 1.82) is 0 Å². The molecule has 4 nitrogen and oxygen atoms in total. The van der Waals surface area contributed by atoms with Crippen LogP contribution < -0.4 is 14.8 Å². The second-order valence-electron chi connectivity index (χ2n) is 5.46. The number of piperidine rings is 1. The lowest BCUT2D eigenvalue weighted by molar-refractivity contribution is -0.0514. The Bertz CT molecular complexity index is 477. The van der Waals surface area contributed by atoms with Crippen LogP contribution in [0.1, 0.15) is 25.3 Å². The van der Waals surface area contributed by atoms with Crippen LogP contribution in [0.4, 0.5) is 8.78 Å². The fourth-order valence-electron chi connectivity index (χ4n) is 2.81. The molecule has 1 aliphatic rings. The highest BCUT2D eigenvalue weighted by Gasteiger charge is 2.19. The summed E-state index contributed by atoms with van der Waals surface area (Å²) in [6, 6.07) is 5.70. The number of nitrogens with zero attached hydrogens (tertiary/aromatic N) is 1. The molecule has 0 radical (unpaired) electrons. The molecule has 1 unspecified atom stereocenters. The zero-order valence-corrected chi connectivity index (χ0v) is 14.4. The first-order valence-electron chi connectivity index (χ1n) is 7.72. The van der Waals surface area contributed by atoms with Crippen LogP contribution in [-0.4, -0.2) is 44.3 Å². The molecular weight excluding hydrogens is 326 g/mol. The maximum Gasteiger partial charge on any atom is 0.387 e. The van der Waals surface area contributed by atoms with Crippen LogP contribution in [0.3, 0.4) is 0 Å². The van der Waals surface area contributed by atoms with Gasteiger partial charge in [0, 0.05) is 19.1 Å². The molecule has 1 aliphatic heterocycles. The summed E-state index contributed by atoms with van der Waals surface area (Å²) < 4.78 is 34.7. The van der Waals surface area contributed by atoms with E-state index in [0.717, 1.165) is 31.6 Å². The summed E-state index contributed by atoms with van der Waals surface area (Å²) in [6.45, 7) is 2.22. The second kappa shape index (κ2) is 9.90. The highest BCUT2D eigenvalue weighted by atomic mass is 35.5. The fourth-order valence-corrected chi connectivity index (χ4v) is 2.81. The van der Waals surface area contributed by atoms with E-state index in [9.17, 15) is 8.78 Å². The van der Waals surface area contributed by atoms with Crippen LogP contribution in [0.15, 0.2) is 18.2 Å². The molecule has 0 saturated carbocycles. The average molecular weight is 351 g/mol. The third-order valence-electron chi connectivity index (χ3n) is 3.84. The Morgan fingerprint density at radius 2 is 2.13 bits per heavy atom. The molecule has 1 saturated heterocycles. The third-order valence-corrected chi connectivity index (χ3v) is 3.84. The van der Waals surface area contributed by atoms with Crippen molar-refractivity contribution in [1.82, 2.24) is 10.2 Å². The number of ether oxygens (including phenoxy) is 2. The Hall–Kier alpha value is -1.11. The van der Waals surface area contributed by atoms with Crippen molar-refractivity contribution in [3.63, 3.8) is 0 Å². The number of rotatable bonds is 7. The van der Waals surface area contributed by atoms with Crippen molar-refractivity contribution in [2.75, 3.05) is 26.7 Å². The van der Waals surface area contributed by atoms with E-state index < -0.39 is 6.61 Å². The molecule has 1 atom stereocenters. The van der Waals surface area contributed by atoms with Gasteiger partial charge >= 0.3 is 6.61 Å². The van der Waals surface area contributed by atoms with E-state index >= 15 is 0 Å². The molecule has 0 spiro atoms. The zero-order valence-electron chi connectivity index (χ0n) is 13.6. The molecule has 0 amide bonds. The second-order valence-corrected chi connectivity index (χ2v) is 5.46. The minimum atomic E-state index is -2.84. The SMILES string of the molecule is CCOc1cc(CN2CCCC(NC)C2)ccc1OC(F)F.Cl. The summed E-state index contributed by atoms with van der Waals surface area (Å²) >= 11 is 0. The van der Waals surface area contributed by atoms with Gasteiger partial charge in [-0.2, -0.15) is 8.78 Å². The van der Waals surface area contributed by atoms with E-state index in [1.807, 2.05) is 20.0 Å². The Balaban J connectivity index is 0.00000264. The molecule has 7 heteroatoms. The van der Waals surface area contributed by atoms with E-state index in [-0.39, 0.29) is 18.2 Å². The lowest BCUT2D eigenvalue weighted by Gasteiger charge is -2.32. The van der Waals surface area contributed by atoms with Crippen molar-refractivity contribution in [3.8, 4) is 11.5 Å². The first-order valence-corrected chi connectivity index (χ1v) is 7.72. The van der Waals surface area contributed by atoms with Crippen LogP contribution in [0, 0.1) is 0 Å². The number of halogens is 3. The van der Waals surface area contributed by atoms with Crippen LogP contribution in [0.5, 0.6) is 11.5 Å². The summed E-state index contributed by atoms with van der Waals surface area (Å²) in [5, 5.41) is 3.31. The summed E-state index contributed by atoms with van der Waals surface area (Å²) in [6.07, 6.45) is 2.36. The number of likely N-dealkylation sites (tertiary alicyclic amines) is 1. The van der Waals surface area contributed by atoms with Crippen LogP contribution >= 0.6 is 12.4 Å². The summed E-state index contributed by atoms with van der Waals surface area (Å²) in [5.41, 5.74) is 1.04. The zero-order chi connectivity index (χ0) is 15.9. The first kappa shape index (κ1) is 19.9. The lowest BCUT2D eigenvalue weighted by atomic mass is 10.0. The van der Waals surface area contributed by atoms with Gasteiger partial charge in [-0.3, -0.25) is 4.90 Å². The van der Waals surface area contributed by atoms with Gasteiger partial charge in [0.1, 0.15) is 0 Å². The number of hydrogen-bond donors (Lipinski definition) is 1. The molecule has 1 aromatic carbocycles. The molecule has 1 N–H and O–H groups in total. The molecule has 1 fully saturated rings. The Labute approximate surface area is 142 Å². The van der Waals surface area contributed by atoms with Gasteiger partial charge in [0.05, 0.1) is 6.61 Å². The van der Waals surface area contributed by atoms with E-state index in [4.69, 9.17) is 4.74 Å². The Morgan fingerprint density at radius 3 is 2.78 bits per heavy atom. The highest BCUT2D eigenvalue weighted by Crippen LogP contribution is 2.30. The predicted octanol–water partition coefficient (Wildman–Crippen LogP) is 3.29. The number of alkyl halides is 2. The van der Waals surface area contributed by atoms with Crippen molar-refractivity contribution in [2.24, 2.45) is 0 Å². The van der Waals surface area contributed by atoms with E-state index in [0.29, 0.717) is 18.4 Å². The largest absolute Gasteiger partial charge is 0.490 e. The van der Waals surface area contributed by atoms with E-state index in [1.165, 1.54) is 6.42 Å². The molecule has 0 aromatic heterocycles. The van der Waals surface area contributed by atoms with Gasteiger partial charge < -0.3 is 14.8 Å². The van der Waals surface area contributed by atoms with Gasteiger partial charge in [-0.15, -0.1) is 12.4 Å². The van der Waals surface area contributed by atoms with Crippen LogP contribution in [0.2, 0.25) is 0 Å². The van der Waals surface area contributed by atoms with Gasteiger partial charge in [0.15, 0.2) is 11.5 Å². The standard InChI is InChI=1S/C16H24F2N2O2.ClH/c1-3-21-15-9-12(6-7-14(15)22-16(17)18)10-20-8-4-5-13(11-20)19-2;/h6-7,9,13,16,19H,3-5,8,10-11H2,1-2H3;1H. The number of likely N-dealkylation sites (N-methyl/N-ethyl adjacent to an activating group) is 1. The molecule has 132 valence electrons. The third kappa shape index (κ3) is 6.12. The van der Waals surface area contributed by atoms with Crippen LogP contribution in [0.25, 0.3) is 0 Å². The molecule has 23 heavy (non-hydrogen) atoms. The minimum absolute atomic E-state index is 0. The van der Waals surface area contributed by atoms with Gasteiger partial charge in [0.25, 0.3) is 0 Å². The molecular formula is C16H25ClF2N2O2. The quantitative estimate of drug-likeness (QED) is 0.818. The normalized spacial score (nSPS) is 18.6. The Kier molecular flexibility index (Phi) is 8.58. The van der Waals surface area contributed by atoms with Gasteiger partial charge in [-0.05, 0) is 51.1 Å². The van der Waals surface area contributed by atoms with Crippen molar-refractivity contribution in [3.05, 3.63) is 23.8 Å².